The van der Waals surface area contributed by atoms with Crippen LogP contribution < -0.4 is 0 Å². The summed E-state index contributed by atoms with van der Waals surface area (Å²) in [6.45, 7) is 5.29. The molecule has 1 atom stereocenters. The Kier molecular flexibility index (Phi) is 4.90. The molecular weight excluding hydrogens is 205 g/mol. The van der Waals surface area contributed by atoms with Crippen LogP contribution in [-0.4, -0.2) is 29.7 Å². The minimum absolute atomic E-state index is 0.190. The van der Waals surface area contributed by atoms with Crippen molar-refractivity contribution in [2.75, 3.05) is 13.6 Å². The molecule has 0 radical (unpaired) electrons. The van der Waals surface area contributed by atoms with Crippen LogP contribution in [0.25, 0.3) is 0 Å². The first kappa shape index (κ1) is 13.1. The van der Waals surface area contributed by atoms with Gasteiger partial charge in [0.2, 0.25) is 0 Å². The van der Waals surface area contributed by atoms with Crippen molar-refractivity contribution in [3.8, 4) is 0 Å². The van der Waals surface area contributed by atoms with Crippen molar-refractivity contribution in [1.82, 2.24) is 4.90 Å². The molecule has 1 N–H and O–H groups in total. The summed E-state index contributed by atoms with van der Waals surface area (Å²) in [6.07, 6.45) is 0.460. The van der Waals surface area contributed by atoms with E-state index in [0.29, 0.717) is 0 Å². The minimum Gasteiger partial charge on any atom is -0.393 e. The van der Waals surface area contributed by atoms with Crippen LogP contribution in [0.2, 0.25) is 0 Å². The highest BCUT2D eigenvalue weighted by Gasteiger charge is 2.05. The molecule has 0 saturated carbocycles. The van der Waals surface area contributed by atoms with E-state index in [4.69, 9.17) is 0 Å². The topological polar surface area (TPSA) is 23.5 Å². The maximum atomic E-state index is 13.1. The maximum absolute atomic E-state index is 13.1. The van der Waals surface area contributed by atoms with Gasteiger partial charge in [-0.2, -0.15) is 0 Å². The number of nitrogens with zero attached hydrogens (tertiary/aromatic N) is 1. The molecule has 0 aliphatic rings. The van der Waals surface area contributed by atoms with Crippen molar-refractivity contribution in [3.63, 3.8) is 0 Å². The van der Waals surface area contributed by atoms with Gasteiger partial charge in [-0.1, -0.05) is 6.07 Å². The zero-order valence-corrected chi connectivity index (χ0v) is 10.2. The highest BCUT2D eigenvalue weighted by molar-refractivity contribution is 5.26. The molecule has 0 aromatic heterocycles. The third-order valence-corrected chi connectivity index (χ3v) is 2.68. The van der Waals surface area contributed by atoms with Crippen LogP contribution in [0.3, 0.4) is 0 Å². The fourth-order valence-electron chi connectivity index (χ4n) is 1.59. The second kappa shape index (κ2) is 5.97. The summed E-state index contributed by atoms with van der Waals surface area (Å²) in [5, 5.41) is 9.18. The van der Waals surface area contributed by atoms with Gasteiger partial charge in [-0.15, -0.1) is 0 Å². The molecule has 0 fully saturated rings. The van der Waals surface area contributed by atoms with Crippen LogP contribution in [0.4, 0.5) is 4.39 Å². The van der Waals surface area contributed by atoms with Gasteiger partial charge in [0.25, 0.3) is 0 Å². The Labute approximate surface area is 96.7 Å². The molecule has 1 aromatic rings. The molecule has 0 aliphatic heterocycles. The predicted octanol–water partition coefficient (Wildman–Crippen LogP) is 2.34. The maximum Gasteiger partial charge on any atom is 0.123 e. The molecule has 1 unspecified atom stereocenters. The van der Waals surface area contributed by atoms with Crippen LogP contribution in [0.5, 0.6) is 0 Å². The monoisotopic (exact) mass is 225 g/mol. The number of benzene rings is 1. The summed E-state index contributed by atoms with van der Waals surface area (Å²) in [5.74, 6) is -0.190. The number of rotatable bonds is 5. The SMILES string of the molecule is Cc1ccc(F)cc1CN(C)CCC(C)O. The second-order valence-corrected chi connectivity index (χ2v) is 4.45. The quantitative estimate of drug-likeness (QED) is 0.831. The van der Waals surface area contributed by atoms with E-state index in [0.717, 1.165) is 30.6 Å². The van der Waals surface area contributed by atoms with Gasteiger partial charge in [-0.25, -0.2) is 4.39 Å². The minimum atomic E-state index is -0.281. The Balaban J connectivity index is 2.55. The molecule has 1 aromatic carbocycles. The van der Waals surface area contributed by atoms with E-state index in [1.165, 1.54) is 6.07 Å². The van der Waals surface area contributed by atoms with Crippen LogP contribution >= 0.6 is 0 Å². The Bertz CT molecular complexity index is 339. The lowest BCUT2D eigenvalue weighted by molar-refractivity contribution is 0.163. The van der Waals surface area contributed by atoms with Crippen molar-refractivity contribution >= 4 is 0 Å². The van der Waals surface area contributed by atoms with Gasteiger partial charge in [0, 0.05) is 13.1 Å². The Morgan fingerprint density at radius 3 is 2.75 bits per heavy atom. The highest BCUT2D eigenvalue weighted by atomic mass is 19.1. The molecule has 0 saturated heterocycles. The second-order valence-electron chi connectivity index (χ2n) is 4.45. The average Bonchev–Trinajstić information content (AvgIpc) is 2.20. The molecular formula is C13H20FNO. The molecule has 0 heterocycles. The van der Waals surface area contributed by atoms with Gasteiger partial charge >= 0.3 is 0 Å². The van der Waals surface area contributed by atoms with Gasteiger partial charge in [0.1, 0.15) is 5.82 Å². The zero-order chi connectivity index (χ0) is 12.1. The van der Waals surface area contributed by atoms with E-state index in [1.54, 1.807) is 19.1 Å². The van der Waals surface area contributed by atoms with Crippen molar-refractivity contribution in [2.24, 2.45) is 0 Å². The van der Waals surface area contributed by atoms with Crippen LogP contribution in [0.1, 0.15) is 24.5 Å². The van der Waals surface area contributed by atoms with E-state index >= 15 is 0 Å². The van der Waals surface area contributed by atoms with Crippen molar-refractivity contribution in [2.45, 2.75) is 32.9 Å². The summed E-state index contributed by atoms with van der Waals surface area (Å²) in [4.78, 5) is 2.09. The van der Waals surface area contributed by atoms with Gasteiger partial charge in [-0.3, -0.25) is 0 Å². The number of aliphatic hydroxyl groups is 1. The molecule has 16 heavy (non-hydrogen) atoms. The smallest absolute Gasteiger partial charge is 0.123 e. The number of aliphatic hydroxyl groups excluding tert-OH is 1. The summed E-state index contributed by atoms with van der Waals surface area (Å²) in [5.41, 5.74) is 2.11. The van der Waals surface area contributed by atoms with Gasteiger partial charge < -0.3 is 10.0 Å². The van der Waals surface area contributed by atoms with Gasteiger partial charge in [0.05, 0.1) is 6.10 Å². The molecule has 0 bridgehead atoms. The predicted molar refractivity (Wildman–Crippen MR) is 63.8 cm³/mol. The first-order valence-corrected chi connectivity index (χ1v) is 5.60. The third-order valence-electron chi connectivity index (χ3n) is 2.68. The van der Waals surface area contributed by atoms with Crippen molar-refractivity contribution in [3.05, 3.63) is 35.1 Å². The Morgan fingerprint density at radius 1 is 1.44 bits per heavy atom. The summed E-state index contributed by atoms with van der Waals surface area (Å²) >= 11 is 0. The molecule has 1 rings (SSSR count). The molecule has 0 aliphatic carbocycles. The van der Waals surface area contributed by atoms with Crippen LogP contribution in [0.15, 0.2) is 18.2 Å². The fourth-order valence-corrected chi connectivity index (χ4v) is 1.59. The van der Waals surface area contributed by atoms with E-state index in [2.05, 4.69) is 4.90 Å². The average molecular weight is 225 g/mol. The third kappa shape index (κ3) is 4.29. The van der Waals surface area contributed by atoms with E-state index in [1.807, 2.05) is 14.0 Å². The number of hydrogen-bond donors (Lipinski definition) is 1. The first-order valence-electron chi connectivity index (χ1n) is 5.60. The fraction of sp³-hybridized carbons (Fsp3) is 0.538. The van der Waals surface area contributed by atoms with Gasteiger partial charge in [0.15, 0.2) is 0 Å². The molecule has 90 valence electrons. The Hall–Kier alpha value is -0.930. The lowest BCUT2D eigenvalue weighted by atomic mass is 10.1. The number of aryl methyl sites for hydroxylation is 1. The summed E-state index contributed by atoms with van der Waals surface area (Å²) < 4.78 is 13.1. The van der Waals surface area contributed by atoms with Crippen molar-refractivity contribution < 1.29 is 9.50 Å². The molecule has 2 nitrogen and oxygen atoms in total. The molecule has 0 amide bonds. The van der Waals surface area contributed by atoms with Crippen LogP contribution in [0, 0.1) is 12.7 Å². The van der Waals surface area contributed by atoms with E-state index in [9.17, 15) is 9.50 Å². The van der Waals surface area contributed by atoms with E-state index in [-0.39, 0.29) is 11.9 Å². The molecule has 0 spiro atoms. The lowest BCUT2D eigenvalue weighted by Crippen LogP contribution is -2.22. The number of hydrogen-bond acceptors (Lipinski definition) is 2. The summed E-state index contributed by atoms with van der Waals surface area (Å²) in [7, 11) is 1.98. The first-order chi connectivity index (χ1) is 7.49. The van der Waals surface area contributed by atoms with E-state index < -0.39 is 0 Å². The lowest BCUT2D eigenvalue weighted by Gasteiger charge is -2.18. The van der Waals surface area contributed by atoms with Crippen molar-refractivity contribution in [1.29, 1.82) is 0 Å². The van der Waals surface area contributed by atoms with Crippen LogP contribution in [-0.2, 0) is 6.54 Å². The normalized spacial score (nSPS) is 13.1. The Morgan fingerprint density at radius 2 is 2.12 bits per heavy atom. The largest absolute Gasteiger partial charge is 0.393 e. The molecule has 3 heteroatoms. The van der Waals surface area contributed by atoms with Gasteiger partial charge in [-0.05, 0) is 50.6 Å². The zero-order valence-electron chi connectivity index (χ0n) is 10.2. The highest BCUT2D eigenvalue weighted by Crippen LogP contribution is 2.12. The standard InChI is InChI=1S/C13H20FNO/c1-10-4-5-13(14)8-12(10)9-15(3)7-6-11(2)16/h4-5,8,11,16H,6-7,9H2,1-3H3. The number of halogens is 1. The summed E-state index contributed by atoms with van der Waals surface area (Å²) in [6, 6.07) is 4.86.